The molecule has 0 N–H and O–H groups in total. The molecule has 0 spiro atoms. The second-order valence-electron chi connectivity index (χ2n) is 6.64. The van der Waals surface area contributed by atoms with Crippen molar-refractivity contribution in [2.75, 3.05) is 26.4 Å². The highest BCUT2D eigenvalue weighted by Crippen LogP contribution is 2.37. The number of alkyl halides is 3. The fourth-order valence-electron chi connectivity index (χ4n) is 2.34. The van der Waals surface area contributed by atoms with E-state index >= 15 is 0 Å². The molecule has 0 bridgehead atoms. The van der Waals surface area contributed by atoms with Crippen molar-refractivity contribution in [1.29, 1.82) is 0 Å². The number of benzene rings is 2. The standard InChI is InChI=1S/C12H9F5O2.C9H9FO2/c13-11(14)10(12(15,16)17)7-1-3-8(4-2-7)18-5-9-6-19-9;10-7-1-3-8(4-2-7)11-5-9-6-12-9/h1-4,9H,5-6H2;1-4,9H,5-6H2. The van der Waals surface area contributed by atoms with E-state index in [0.717, 1.165) is 18.7 Å². The van der Waals surface area contributed by atoms with E-state index in [1.165, 1.54) is 24.3 Å². The maximum atomic E-state index is 12.4. The summed E-state index contributed by atoms with van der Waals surface area (Å²) in [6.07, 6.45) is -7.60. The molecule has 2 aromatic rings. The van der Waals surface area contributed by atoms with Crippen molar-refractivity contribution < 1.29 is 45.3 Å². The van der Waals surface area contributed by atoms with Gasteiger partial charge < -0.3 is 18.9 Å². The molecule has 4 rings (SSSR count). The van der Waals surface area contributed by atoms with Crippen LogP contribution in [0, 0.1) is 5.82 Å². The van der Waals surface area contributed by atoms with Crippen LogP contribution in [0.25, 0.3) is 5.57 Å². The molecule has 31 heavy (non-hydrogen) atoms. The van der Waals surface area contributed by atoms with Crippen LogP contribution < -0.4 is 9.47 Å². The number of hydrogen-bond acceptors (Lipinski definition) is 4. The molecule has 2 heterocycles. The molecule has 2 saturated heterocycles. The molecule has 2 aliphatic heterocycles. The van der Waals surface area contributed by atoms with Gasteiger partial charge in [0, 0.05) is 0 Å². The first-order valence-corrected chi connectivity index (χ1v) is 9.19. The average molecular weight is 448 g/mol. The number of ether oxygens (including phenoxy) is 4. The van der Waals surface area contributed by atoms with Crippen LogP contribution in [0.1, 0.15) is 5.56 Å². The number of hydrogen-bond donors (Lipinski definition) is 0. The Bertz CT molecular complexity index is 868. The Kier molecular flexibility index (Phi) is 7.45. The topological polar surface area (TPSA) is 43.5 Å². The van der Waals surface area contributed by atoms with Gasteiger partial charge in [-0.15, -0.1) is 0 Å². The van der Waals surface area contributed by atoms with Gasteiger partial charge in [-0.1, -0.05) is 12.1 Å². The number of halogens is 6. The minimum absolute atomic E-state index is 0.00796. The van der Waals surface area contributed by atoms with Crippen LogP contribution >= 0.6 is 0 Å². The third-order valence-electron chi connectivity index (χ3n) is 4.11. The Hall–Kier alpha value is -2.72. The Labute approximate surface area is 174 Å². The number of allylic oxidation sites excluding steroid dienone is 1. The van der Waals surface area contributed by atoms with Crippen LogP contribution in [-0.4, -0.2) is 44.8 Å². The van der Waals surface area contributed by atoms with Crippen LogP contribution in [-0.2, 0) is 9.47 Å². The minimum Gasteiger partial charge on any atom is -0.491 e. The molecule has 0 amide bonds. The SMILES string of the molecule is FC(F)=C(c1ccc(OCC2CO2)cc1)C(F)(F)F.Fc1ccc(OCC2CO2)cc1. The van der Waals surface area contributed by atoms with E-state index in [1.807, 2.05) is 0 Å². The van der Waals surface area contributed by atoms with Crippen LogP contribution in [0.15, 0.2) is 54.6 Å². The zero-order valence-electron chi connectivity index (χ0n) is 16.0. The molecule has 2 atom stereocenters. The van der Waals surface area contributed by atoms with Crippen molar-refractivity contribution in [1.82, 2.24) is 0 Å². The summed E-state index contributed by atoms with van der Waals surface area (Å²) >= 11 is 0. The molecule has 2 aromatic carbocycles. The second-order valence-corrected chi connectivity index (χ2v) is 6.64. The molecule has 2 aliphatic rings. The fraction of sp³-hybridized carbons (Fsp3) is 0.333. The summed E-state index contributed by atoms with van der Waals surface area (Å²) < 4.78 is 94.8. The third-order valence-corrected chi connectivity index (χ3v) is 4.11. The van der Waals surface area contributed by atoms with Crippen LogP contribution in [0.2, 0.25) is 0 Å². The quantitative estimate of drug-likeness (QED) is 0.430. The first-order chi connectivity index (χ1) is 14.7. The lowest BCUT2D eigenvalue weighted by Gasteiger charge is -2.11. The third kappa shape index (κ3) is 7.80. The lowest BCUT2D eigenvalue weighted by Crippen LogP contribution is -2.11. The summed E-state index contributed by atoms with van der Waals surface area (Å²) in [6, 6.07) is 10.3. The molecule has 10 heteroatoms. The predicted molar refractivity (Wildman–Crippen MR) is 98.5 cm³/mol. The van der Waals surface area contributed by atoms with E-state index in [9.17, 15) is 26.3 Å². The summed E-state index contributed by atoms with van der Waals surface area (Å²) in [5.41, 5.74) is -2.52. The number of rotatable bonds is 7. The molecule has 2 unspecified atom stereocenters. The Morgan fingerprint density at radius 1 is 0.806 bits per heavy atom. The normalized spacial score (nSPS) is 19.0. The molecule has 4 nitrogen and oxygen atoms in total. The smallest absolute Gasteiger partial charge is 0.422 e. The summed E-state index contributed by atoms with van der Waals surface area (Å²) in [5.74, 6) is 0.747. The minimum atomic E-state index is -5.09. The van der Waals surface area contributed by atoms with Gasteiger partial charge in [0.05, 0.1) is 13.2 Å². The van der Waals surface area contributed by atoms with Crippen molar-refractivity contribution in [3.8, 4) is 11.5 Å². The second kappa shape index (κ2) is 10.1. The number of epoxide rings is 2. The molecular formula is C21H18F6O4. The zero-order valence-corrected chi connectivity index (χ0v) is 16.0. The van der Waals surface area contributed by atoms with Gasteiger partial charge in [0.2, 0.25) is 0 Å². The van der Waals surface area contributed by atoms with E-state index in [-0.39, 0.29) is 18.0 Å². The van der Waals surface area contributed by atoms with E-state index < -0.39 is 23.4 Å². The maximum Gasteiger partial charge on any atom is 0.422 e. The maximum absolute atomic E-state index is 12.4. The molecule has 0 radical (unpaired) electrons. The summed E-state index contributed by atoms with van der Waals surface area (Å²) in [4.78, 5) is 0. The van der Waals surface area contributed by atoms with Crippen molar-refractivity contribution in [3.63, 3.8) is 0 Å². The van der Waals surface area contributed by atoms with E-state index in [1.54, 1.807) is 12.1 Å². The van der Waals surface area contributed by atoms with Gasteiger partial charge in [-0.3, -0.25) is 0 Å². The van der Waals surface area contributed by atoms with Crippen molar-refractivity contribution in [3.05, 3.63) is 66.0 Å². The van der Waals surface area contributed by atoms with Gasteiger partial charge in [-0.25, -0.2) is 4.39 Å². The van der Waals surface area contributed by atoms with Gasteiger partial charge in [-0.2, -0.15) is 22.0 Å². The molecule has 0 saturated carbocycles. The Morgan fingerprint density at radius 3 is 1.58 bits per heavy atom. The summed E-state index contributed by atoms with van der Waals surface area (Å²) in [6.45, 7) is 2.22. The van der Waals surface area contributed by atoms with Gasteiger partial charge >= 0.3 is 6.18 Å². The summed E-state index contributed by atoms with van der Waals surface area (Å²) in [5, 5.41) is 0. The van der Waals surface area contributed by atoms with Crippen molar-refractivity contribution in [2.45, 2.75) is 18.4 Å². The van der Waals surface area contributed by atoms with Crippen LogP contribution in [0.4, 0.5) is 26.3 Å². The first kappa shape index (κ1) is 23.0. The zero-order chi connectivity index (χ0) is 22.4. The average Bonchev–Trinajstić information content (AvgIpc) is 3.61. The Morgan fingerprint density at radius 2 is 1.23 bits per heavy atom. The molecule has 168 valence electrons. The lowest BCUT2D eigenvalue weighted by atomic mass is 10.1. The van der Waals surface area contributed by atoms with Gasteiger partial charge in [0.15, 0.2) is 0 Å². The van der Waals surface area contributed by atoms with E-state index in [0.29, 0.717) is 31.3 Å². The highest BCUT2D eigenvalue weighted by atomic mass is 19.4. The molecular weight excluding hydrogens is 430 g/mol. The molecule has 2 fully saturated rings. The van der Waals surface area contributed by atoms with Crippen LogP contribution in [0.3, 0.4) is 0 Å². The fourth-order valence-corrected chi connectivity index (χ4v) is 2.34. The van der Waals surface area contributed by atoms with E-state index in [4.69, 9.17) is 18.9 Å². The predicted octanol–water partition coefficient (Wildman–Crippen LogP) is 5.24. The molecule has 0 aliphatic carbocycles. The van der Waals surface area contributed by atoms with Gasteiger partial charge in [-0.05, 0) is 42.0 Å². The first-order valence-electron chi connectivity index (χ1n) is 9.19. The van der Waals surface area contributed by atoms with E-state index in [2.05, 4.69) is 0 Å². The van der Waals surface area contributed by atoms with Gasteiger partial charge in [0.25, 0.3) is 6.08 Å². The Balaban J connectivity index is 0.000000194. The van der Waals surface area contributed by atoms with Crippen molar-refractivity contribution >= 4 is 5.57 Å². The van der Waals surface area contributed by atoms with Crippen molar-refractivity contribution in [2.24, 2.45) is 0 Å². The highest BCUT2D eigenvalue weighted by Gasteiger charge is 2.38. The monoisotopic (exact) mass is 448 g/mol. The van der Waals surface area contributed by atoms with Gasteiger partial charge in [0.1, 0.15) is 48.3 Å². The summed E-state index contributed by atoms with van der Waals surface area (Å²) in [7, 11) is 0. The van der Waals surface area contributed by atoms with Crippen LogP contribution in [0.5, 0.6) is 11.5 Å². The lowest BCUT2D eigenvalue weighted by molar-refractivity contribution is -0.0711. The largest absolute Gasteiger partial charge is 0.491 e. The molecule has 0 aromatic heterocycles. The highest BCUT2D eigenvalue weighted by molar-refractivity contribution is 5.70.